The molecule has 3 N–H and O–H groups in total. The summed E-state index contributed by atoms with van der Waals surface area (Å²) in [6.07, 6.45) is 10.7. The second kappa shape index (κ2) is 14.0. The van der Waals surface area contributed by atoms with E-state index in [0.717, 1.165) is 70.6 Å². The largest absolute Gasteiger partial charge is 0.396 e. The van der Waals surface area contributed by atoms with Gasteiger partial charge in [0.05, 0.1) is 12.2 Å². The average molecular weight is 359 g/mol. The van der Waals surface area contributed by atoms with E-state index in [9.17, 15) is 10.2 Å². The highest BCUT2D eigenvalue weighted by Crippen LogP contribution is 2.29. The van der Waals surface area contributed by atoms with Gasteiger partial charge in [-0.25, -0.2) is 0 Å². The van der Waals surface area contributed by atoms with Gasteiger partial charge in [0.15, 0.2) is 0 Å². The molecule has 25 heavy (non-hydrogen) atoms. The van der Waals surface area contributed by atoms with E-state index in [-0.39, 0.29) is 24.2 Å². The molecule has 0 aliphatic carbocycles. The third-order valence-corrected chi connectivity index (χ3v) is 5.55. The zero-order valence-electron chi connectivity index (χ0n) is 17.6. The topological polar surface area (TPSA) is 60.7 Å². The smallest absolute Gasteiger partial charge is 0.0570 e. The minimum atomic E-state index is -0.186. The molecule has 0 fully saturated rings. The molecule has 0 aliphatic heterocycles. The lowest BCUT2D eigenvalue weighted by Gasteiger charge is -2.25. The summed E-state index contributed by atoms with van der Waals surface area (Å²) >= 11 is 0. The molecule has 0 amide bonds. The van der Waals surface area contributed by atoms with Gasteiger partial charge in [0, 0.05) is 6.61 Å². The summed E-state index contributed by atoms with van der Waals surface area (Å²) in [6.45, 7) is 11.3. The van der Waals surface area contributed by atoms with Crippen LogP contribution in [0.2, 0.25) is 0 Å². The van der Waals surface area contributed by atoms with Gasteiger partial charge in [-0.2, -0.15) is 0 Å². The van der Waals surface area contributed by atoms with Crippen LogP contribution >= 0.6 is 0 Å². The highest BCUT2D eigenvalue weighted by Gasteiger charge is 2.19. The summed E-state index contributed by atoms with van der Waals surface area (Å²) in [7, 11) is 0. The van der Waals surface area contributed by atoms with Crippen molar-refractivity contribution in [2.75, 3.05) is 6.61 Å². The second-order valence-corrected chi connectivity index (χ2v) is 9.19. The Balaban J connectivity index is 3.83. The molecule has 0 saturated carbocycles. The molecule has 3 nitrogen and oxygen atoms in total. The Hall–Kier alpha value is -0.120. The van der Waals surface area contributed by atoms with Crippen LogP contribution in [0.4, 0.5) is 0 Å². The van der Waals surface area contributed by atoms with E-state index in [0.29, 0.717) is 11.8 Å². The summed E-state index contributed by atoms with van der Waals surface area (Å²) < 4.78 is 0. The fraction of sp³-hybridized carbons (Fsp3) is 1.00. The van der Waals surface area contributed by atoms with E-state index in [1.54, 1.807) is 0 Å². The predicted octanol–water partition coefficient (Wildman–Crippen LogP) is 5.31. The molecule has 0 bridgehead atoms. The fourth-order valence-corrected chi connectivity index (χ4v) is 3.77. The molecule has 0 aromatic carbocycles. The van der Waals surface area contributed by atoms with Gasteiger partial charge >= 0.3 is 0 Å². The Morgan fingerprint density at radius 2 is 1.40 bits per heavy atom. The van der Waals surface area contributed by atoms with E-state index in [4.69, 9.17) is 5.11 Å². The average Bonchev–Trinajstić information content (AvgIpc) is 2.52. The standard InChI is InChI=1S/C22H46O3/c1-6-19(21(25)17-18(2)3)11-7-8-12-20(24)13-9-14-22(4,5)15-10-16-23/h18-21,23-25H,6-17H2,1-5H3/t19?,20-,21-/m1/s1. The lowest BCUT2D eigenvalue weighted by molar-refractivity contribution is 0.0770. The normalized spacial score (nSPS) is 16.2. The molecule has 0 aromatic rings. The molecule has 0 saturated heterocycles. The molecule has 152 valence electrons. The molecular weight excluding hydrogens is 312 g/mol. The van der Waals surface area contributed by atoms with E-state index in [2.05, 4.69) is 34.6 Å². The Labute approximate surface area is 157 Å². The molecule has 0 rings (SSSR count). The van der Waals surface area contributed by atoms with Crippen LogP contribution in [-0.2, 0) is 0 Å². The monoisotopic (exact) mass is 358 g/mol. The first-order valence-corrected chi connectivity index (χ1v) is 10.7. The first kappa shape index (κ1) is 24.9. The van der Waals surface area contributed by atoms with Crippen LogP contribution in [0.3, 0.4) is 0 Å². The molecule has 0 aliphatic rings. The predicted molar refractivity (Wildman–Crippen MR) is 108 cm³/mol. The lowest BCUT2D eigenvalue weighted by atomic mass is 9.82. The van der Waals surface area contributed by atoms with Gasteiger partial charge in [-0.1, -0.05) is 60.3 Å². The van der Waals surface area contributed by atoms with Crippen LogP contribution in [0.25, 0.3) is 0 Å². The van der Waals surface area contributed by atoms with Crippen LogP contribution in [-0.4, -0.2) is 34.1 Å². The van der Waals surface area contributed by atoms with E-state index < -0.39 is 0 Å². The third-order valence-electron chi connectivity index (χ3n) is 5.55. The summed E-state index contributed by atoms with van der Waals surface area (Å²) in [5, 5.41) is 29.4. The van der Waals surface area contributed by atoms with E-state index in [1.165, 1.54) is 0 Å². The minimum Gasteiger partial charge on any atom is -0.396 e. The Morgan fingerprint density at radius 1 is 0.840 bits per heavy atom. The van der Waals surface area contributed by atoms with Crippen molar-refractivity contribution >= 4 is 0 Å². The fourth-order valence-electron chi connectivity index (χ4n) is 3.77. The van der Waals surface area contributed by atoms with Crippen LogP contribution in [0, 0.1) is 17.3 Å². The van der Waals surface area contributed by atoms with Gasteiger partial charge in [0.1, 0.15) is 0 Å². The van der Waals surface area contributed by atoms with Gasteiger partial charge in [-0.15, -0.1) is 0 Å². The Morgan fingerprint density at radius 3 is 1.96 bits per heavy atom. The van der Waals surface area contributed by atoms with Crippen LogP contribution in [0.15, 0.2) is 0 Å². The highest BCUT2D eigenvalue weighted by atomic mass is 16.3. The molecule has 3 atom stereocenters. The summed E-state index contributed by atoms with van der Waals surface area (Å²) in [5.41, 5.74) is 0.267. The van der Waals surface area contributed by atoms with Crippen LogP contribution < -0.4 is 0 Å². The van der Waals surface area contributed by atoms with Crippen LogP contribution in [0.1, 0.15) is 105 Å². The zero-order chi connectivity index (χ0) is 19.3. The van der Waals surface area contributed by atoms with Gasteiger partial charge in [-0.3, -0.25) is 0 Å². The van der Waals surface area contributed by atoms with Crippen molar-refractivity contribution in [2.24, 2.45) is 17.3 Å². The Kier molecular flexibility index (Phi) is 13.9. The van der Waals surface area contributed by atoms with E-state index >= 15 is 0 Å². The van der Waals surface area contributed by atoms with Crippen molar-refractivity contribution in [2.45, 2.75) is 117 Å². The second-order valence-electron chi connectivity index (χ2n) is 9.19. The number of hydrogen-bond acceptors (Lipinski definition) is 3. The maximum Gasteiger partial charge on any atom is 0.0570 e. The first-order valence-electron chi connectivity index (χ1n) is 10.7. The van der Waals surface area contributed by atoms with Gasteiger partial charge < -0.3 is 15.3 Å². The maximum atomic E-state index is 10.3. The first-order chi connectivity index (χ1) is 11.7. The highest BCUT2D eigenvalue weighted by molar-refractivity contribution is 4.71. The zero-order valence-corrected chi connectivity index (χ0v) is 17.6. The summed E-state index contributed by atoms with van der Waals surface area (Å²) in [6, 6.07) is 0. The van der Waals surface area contributed by atoms with Crippen molar-refractivity contribution in [1.82, 2.24) is 0 Å². The summed E-state index contributed by atoms with van der Waals surface area (Å²) in [4.78, 5) is 0. The minimum absolute atomic E-state index is 0.170. The quantitative estimate of drug-likeness (QED) is 0.328. The van der Waals surface area contributed by atoms with Gasteiger partial charge in [-0.05, 0) is 62.2 Å². The SMILES string of the molecule is CCC(CCCC[C@@H](O)CCCC(C)(C)CCCO)[C@H](O)CC(C)C. The van der Waals surface area contributed by atoms with Crippen molar-refractivity contribution in [1.29, 1.82) is 0 Å². The molecule has 0 spiro atoms. The number of hydrogen-bond donors (Lipinski definition) is 3. The molecule has 0 radical (unpaired) electrons. The van der Waals surface area contributed by atoms with Gasteiger partial charge in [0.25, 0.3) is 0 Å². The number of aliphatic hydroxyl groups is 3. The van der Waals surface area contributed by atoms with Crippen molar-refractivity contribution in [3.63, 3.8) is 0 Å². The Bertz CT molecular complexity index is 302. The maximum absolute atomic E-state index is 10.3. The lowest BCUT2D eigenvalue weighted by Crippen LogP contribution is -2.22. The molecular formula is C22H46O3. The molecule has 1 unspecified atom stereocenters. The molecule has 0 heterocycles. The van der Waals surface area contributed by atoms with Gasteiger partial charge in [0.2, 0.25) is 0 Å². The number of rotatable bonds is 16. The molecule has 0 aromatic heterocycles. The number of unbranched alkanes of at least 4 members (excludes halogenated alkanes) is 1. The van der Waals surface area contributed by atoms with Crippen LogP contribution in [0.5, 0.6) is 0 Å². The number of aliphatic hydroxyl groups excluding tert-OH is 3. The van der Waals surface area contributed by atoms with Crippen molar-refractivity contribution < 1.29 is 15.3 Å². The van der Waals surface area contributed by atoms with Crippen molar-refractivity contribution in [3.05, 3.63) is 0 Å². The summed E-state index contributed by atoms with van der Waals surface area (Å²) in [5.74, 6) is 0.958. The van der Waals surface area contributed by atoms with E-state index in [1.807, 2.05) is 0 Å². The third kappa shape index (κ3) is 13.7. The molecule has 3 heteroatoms. The van der Waals surface area contributed by atoms with Crippen molar-refractivity contribution in [3.8, 4) is 0 Å².